The van der Waals surface area contributed by atoms with Gasteiger partial charge in [0.25, 0.3) is 5.56 Å². The van der Waals surface area contributed by atoms with Crippen molar-refractivity contribution in [2.75, 3.05) is 18.9 Å². The van der Waals surface area contributed by atoms with Gasteiger partial charge in [0.15, 0.2) is 0 Å². The minimum Gasteiger partial charge on any atom is -0.397 e. The van der Waals surface area contributed by atoms with Crippen LogP contribution in [0.1, 0.15) is 12.0 Å². The van der Waals surface area contributed by atoms with Gasteiger partial charge in [-0.1, -0.05) is 0 Å². The maximum atomic E-state index is 11.8. The van der Waals surface area contributed by atoms with Crippen molar-refractivity contribution in [2.45, 2.75) is 26.1 Å². The molecule has 0 aromatic carbocycles. The van der Waals surface area contributed by atoms with Crippen molar-refractivity contribution in [3.8, 4) is 0 Å². The van der Waals surface area contributed by atoms with E-state index in [1.807, 2.05) is 0 Å². The third-order valence-electron chi connectivity index (χ3n) is 2.46. The monoisotopic (exact) mass is 342 g/mol. The molecule has 0 amide bonds. The molecular formula is C11H14BrF3N2O2. The number of hydrogen-bond acceptors (Lipinski definition) is 3. The summed E-state index contributed by atoms with van der Waals surface area (Å²) in [6, 6.07) is 0. The van der Waals surface area contributed by atoms with E-state index in [0.29, 0.717) is 22.1 Å². The lowest BCUT2D eigenvalue weighted by molar-refractivity contribution is -0.174. The highest BCUT2D eigenvalue weighted by atomic mass is 79.9. The molecule has 0 saturated heterocycles. The number of nitrogen functional groups attached to an aromatic ring is 1. The average Bonchev–Trinajstić information content (AvgIpc) is 2.31. The Morgan fingerprint density at radius 3 is 2.68 bits per heavy atom. The second-order valence-corrected chi connectivity index (χ2v) is 4.84. The van der Waals surface area contributed by atoms with Crippen molar-refractivity contribution in [3.05, 3.63) is 26.6 Å². The summed E-state index contributed by atoms with van der Waals surface area (Å²) in [5.41, 5.74) is 6.54. The molecule has 0 spiro atoms. The molecule has 0 bridgehead atoms. The molecule has 1 heterocycles. The highest BCUT2D eigenvalue weighted by Crippen LogP contribution is 2.17. The summed E-state index contributed by atoms with van der Waals surface area (Å²) in [6.45, 7) is 0.607. The minimum atomic E-state index is -4.33. The Morgan fingerprint density at radius 1 is 1.47 bits per heavy atom. The lowest BCUT2D eigenvalue weighted by Crippen LogP contribution is -2.23. The maximum absolute atomic E-state index is 11.8. The van der Waals surface area contributed by atoms with Gasteiger partial charge < -0.3 is 15.0 Å². The molecule has 0 aliphatic rings. The number of aryl methyl sites for hydroxylation is 1. The van der Waals surface area contributed by atoms with Crippen molar-refractivity contribution >= 4 is 21.6 Å². The molecule has 0 atom stereocenters. The van der Waals surface area contributed by atoms with Gasteiger partial charge in [-0.2, -0.15) is 13.2 Å². The number of anilines is 1. The minimum absolute atomic E-state index is 0.0721. The van der Waals surface area contributed by atoms with Crippen LogP contribution in [0, 0.1) is 6.92 Å². The molecule has 0 saturated carbocycles. The van der Waals surface area contributed by atoms with E-state index < -0.39 is 12.8 Å². The molecule has 0 radical (unpaired) electrons. The second-order valence-electron chi connectivity index (χ2n) is 4.04. The molecule has 108 valence electrons. The van der Waals surface area contributed by atoms with Crippen molar-refractivity contribution in [1.82, 2.24) is 4.57 Å². The summed E-state index contributed by atoms with van der Waals surface area (Å²) in [5, 5.41) is 0. The molecule has 0 fully saturated rings. The predicted octanol–water partition coefficient (Wildman–Crippen LogP) is 2.47. The highest BCUT2D eigenvalue weighted by Gasteiger charge is 2.27. The number of nitrogens with zero attached hydrogens (tertiary/aromatic N) is 1. The summed E-state index contributed by atoms with van der Waals surface area (Å²) >= 11 is 3.14. The van der Waals surface area contributed by atoms with Gasteiger partial charge in [-0.05, 0) is 34.8 Å². The molecule has 2 N–H and O–H groups in total. The van der Waals surface area contributed by atoms with E-state index in [1.165, 1.54) is 10.8 Å². The zero-order chi connectivity index (χ0) is 14.6. The largest absolute Gasteiger partial charge is 0.411 e. The molecule has 19 heavy (non-hydrogen) atoms. The zero-order valence-electron chi connectivity index (χ0n) is 10.3. The van der Waals surface area contributed by atoms with Crippen LogP contribution >= 0.6 is 15.9 Å². The smallest absolute Gasteiger partial charge is 0.397 e. The first-order valence-electron chi connectivity index (χ1n) is 5.52. The molecule has 0 aliphatic carbocycles. The SMILES string of the molecule is Cc1c(N)cn(CCCOCC(F)(F)F)c(=O)c1Br. The summed E-state index contributed by atoms with van der Waals surface area (Å²) in [6.07, 6.45) is -2.55. The van der Waals surface area contributed by atoms with E-state index in [9.17, 15) is 18.0 Å². The van der Waals surface area contributed by atoms with Gasteiger partial charge in [-0.3, -0.25) is 4.79 Å². The van der Waals surface area contributed by atoms with E-state index in [4.69, 9.17) is 5.73 Å². The molecule has 0 unspecified atom stereocenters. The topological polar surface area (TPSA) is 57.2 Å². The molecule has 8 heteroatoms. The van der Waals surface area contributed by atoms with E-state index in [-0.39, 0.29) is 18.7 Å². The van der Waals surface area contributed by atoms with Gasteiger partial charge in [0, 0.05) is 19.3 Å². The number of hydrogen-bond donors (Lipinski definition) is 1. The first-order valence-corrected chi connectivity index (χ1v) is 6.31. The summed E-state index contributed by atoms with van der Waals surface area (Å²) in [5.74, 6) is 0. The fourth-order valence-electron chi connectivity index (χ4n) is 1.43. The van der Waals surface area contributed by atoms with Crippen molar-refractivity contribution in [3.63, 3.8) is 0 Å². The summed E-state index contributed by atoms with van der Waals surface area (Å²) in [4.78, 5) is 11.8. The fraction of sp³-hybridized carbons (Fsp3) is 0.545. The Hall–Kier alpha value is -1.02. The van der Waals surface area contributed by atoms with Crippen molar-refractivity contribution in [2.24, 2.45) is 0 Å². The van der Waals surface area contributed by atoms with Crippen LogP contribution in [0.25, 0.3) is 0 Å². The first-order chi connectivity index (χ1) is 8.72. The normalized spacial score (nSPS) is 11.8. The lowest BCUT2D eigenvalue weighted by Gasteiger charge is -2.11. The maximum Gasteiger partial charge on any atom is 0.411 e. The molecule has 1 aromatic rings. The number of alkyl halides is 3. The van der Waals surface area contributed by atoms with Crippen molar-refractivity contribution in [1.29, 1.82) is 0 Å². The third-order valence-corrected chi connectivity index (χ3v) is 3.39. The standard InChI is InChI=1S/C11H14BrF3N2O2/c1-7-8(16)5-17(10(18)9(7)12)3-2-4-19-6-11(13,14)15/h5H,2-4,6,16H2,1H3. The number of nitrogens with two attached hydrogens (primary N) is 1. The fourth-order valence-corrected chi connectivity index (χ4v) is 1.88. The molecule has 4 nitrogen and oxygen atoms in total. The van der Waals surface area contributed by atoms with Crippen LogP contribution in [0.2, 0.25) is 0 Å². The van der Waals surface area contributed by atoms with Gasteiger partial charge in [0.1, 0.15) is 6.61 Å². The van der Waals surface area contributed by atoms with E-state index >= 15 is 0 Å². The molecular weight excluding hydrogens is 329 g/mol. The van der Waals surface area contributed by atoms with Crippen LogP contribution < -0.4 is 11.3 Å². The van der Waals surface area contributed by atoms with Crippen LogP contribution in [0.5, 0.6) is 0 Å². The number of ether oxygens (including phenoxy) is 1. The van der Waals surface area contributed by atoms with Crippen LogP contribution in [0.3, 0.4) is 0 Å². The van der Waals surface area contributed by atoms with Crippen LogP contribution in [0.4, 0.5) is 18.9 Å². The quantitative estimate of drug-likeness (QED) is 0.836. The van der Waals surface area contributed by atoms with E-state index in [1.54, 1.807) is 6.92 Å². The molecule has 1 aromatic heterocycles. The van der Waals surface area contributed by atoms with Gasteiger partial charge in [0.2, 0.25) is 0 Å². The average molecular weight is 343 g/mol. The van der Waals surface area contributed by atoms with Crippen LogP contribution in [-0.4, -0.2) is 24.0 Å². The Balaban J connectivity index is 2.53. The zero-order valence-corrected chi connectivity index (χ0v) is 11.8. The van der Waals surface area contributed by atoms with E-state index in [2.05, 4.69) is 20.7 Å². The summed E-state index contributed by atoms with van der Waals surface area (Å²) in [7, 11) is 0. The number of halogens is 4. The molecule has 1 rings (SSSR count). The van der Waals surface area contributed by atoms with Gasteiger partial charge in [0.05, 0.1) is 10.2 Å². The number of pyridine rings is 1. The van der Waals surface area contributed by atoms with Crippen molar-refractivity contribution < 1.29 is 17.9 Å². The van der Waals surface area contributed by atoms with Crippen LogP contribution in [-0.2, 0) is 11.3 Å². The third kappa shape index (κ3) is 4.87. The Labute approximate surface area is 116 Å². The lowest BCUT2D eigenvalue weighted by atomic mass is 10.2. The second kappa shape index (κ2) is 6.42. The van der Waals surface area contributed by atoms with Gasteiger partial charge >= 0.3 is 6.18 Å². The van der Waals surface area contributed by atoms with E-state index in [0.717, 1.165) is 0 Å². The Kier molecular flexibility index (Phi) is 5.42. The Bertz CT molecular complexity index is 500. The van der Waals surface area contributed by atoms with Crippen LogP contribution in [0.15, 0.2) is 15.5 Å². The predicted molar refractivity (Wildman–Crippen MR) is 69.0 cm³/mol. The highest BCUT2D eigenvalue weighted by molar-refractivity contribution is 9.10. The first kappa shape index (κ1) is 16.0. The number of aromatic nitrogens is 1. The Morgan fingerprint density at radius 2 is 2.11 bits per heavy atom. The van der Waals surface area contributed by atoms with Gasteiger partial charge in [-0.15, -0.1) is 0 Å². The van der Waals surface area contributed by atoms with Gasteiger partial charge in [-0.25, -0.2) is 0 Å². The number of rotatable bonds is 5. The molecule has 0 aliphatic heterocycles. The summed E-state index contributed by atoms with van der Waals surface area (Å²) < 4.78 is 41.6.